The highest BCUT2D eigenvalue weighted by atomic mass is 79.9. The van der Waals surface area contributed by atoms with E-state index in [9.17, 15) is 9.59 Å². The van der Waals surface area contributed by atoms with Crippen molar-refractivity contribution in [2.45, 2.75) is 43.9 Å². The Morgan fingerprint density at radius 2 is 1.60 bits per heavy atom. The van der Waals surface area contributed by atoms with Crippen molar-refractivity contribution < 1.29 is 23.8 Å². The zero-order valence-corrected chi connectivity index (χ0v) is 29.7. The largest absolute Gasteiger partial charge is 0.493 e. The second-order valence-corrected chi connectivity index (χ2v) is 14.9. The predicted molar refractivity (Wildman–Crippen MR) is 192 cm³/mol. The van der Waals surface area contributed by atoms with E-state index in [0.717, 1.165) is 33.3 Å². The van der Waals surface area contributed by atoms with Crippen molar-refractivity contribution in [2.24, 2.45) is 22.9 Å². The van der Waals surface area contributed by atoms with E-state index in [4.69, 9.17) is 14.2 Å². The van der Waals surface area contributed by atoms with Gasteiger partial charge in [0.2, 0.25) is 0 Å². The Labute approximate surface area is 296 Å². The summed E-state index contributed by atoms with van der Waals surface area (Å²) in [7, 11) is 1.52. The summed E-state index contributed by atoms with van der Waals surface area (Å²) in [6.45, 7) is -0.427. The van der Waals surface area contributed by atoms with Crippen molar-refractivity contribution in [3.63, 3.8) is 0 Å². The lowest BCUT2D eigenvalue weighted by atomic mass is 9.48. The summed E-state index contributed by atoms with van der Waals surface area (Å²) >= 11 is 7.00. The summed E-state index contributed by atoms with van der Waals surface area (Å²) in [4.78, 5) is 29.6. The molecular formula is C37H36Br2N4O5. The monoisotopic (exact) mass is 774 g/mol. The van der Waals surface area contributed by atoms with Gasteiger partial charge in [-0.05, 0) is 131 Å². The third-order valence-electron chi connectivity index (χ3n) is 9.87. The number of fused-ring (bicyclic) bond motifs is 1. The molecule has 4 aromatic rings. The van der Waals surface area contributed by atoms with Crippen LogP contribution < -0.4 is 25.0 Å². The Hall–Kier alpha value is -3.96. The molecule has 4 bridgehead atoms. The SMILES string of the molecule is COc1cc(/C=N/NC(=O)COc2c(Br)cc(Br)c3cccnc23)ccc1OCC(=O)Nc1ccc(C23CC4CC(CC(C4)C2)C3)cc1. The molecule has 0 atom stereocenters. The lowest BCUT2D eigenvalue weighted by molar-refractivity contribution is -0.123. The summed E-state index contributed by atoms with van der Waals surface area (Å²) < 4.78 is 18.6. The minimum Gasteiger partial charge on any atom is -0.493 e. The summed E-state index contributed by atoms with van der Waals surface area (Å²) in [6, 6.07) is 19.2. The molecule has 0 spiro atoms. The molecule has 11 heteroatoms. The van der Waals surface area contributed by atoms with Crippen LogP contribution in [-0.2, 0) is 15.0 Å². The molecule has 4 aliphatic carbocycles. The fourth-order valence-electron chi connectivity index (χ4n) is 8.23. The van der Waals surface area contributed by atoms with Gasteiger partial charge >= 0.3 is 0 Å². The van der Waals surface area contributed by atoms with E-state index in [-0.39, 0.29) is 19.1 Å². The summed E-state index contributed by atoms with van der Waals surface area (Å²) in [5.41, 5.74) is 6.28. The molecule has 4 aliphatic rings. The number of pyridine rings is 1. The van der Waals surface area contributed by atoms with Crippen LogP contribution in [0.1, 0.15) is 49.7 Å². The smallest absolute Gasteiger partial charge is 0.277 e. The number of nitrogens with zero attached hydrogens (tertiary/aromatic N) is 2. The number of aromatic nitrogens is 1. The summed E-state index contributed by atoms with van der Waals surface area (Å²) in [5.74, 6) is 3.29. The van der Waals surface area contributed by atoms with E-state index < -0.39 is 5.91 Å². The number of methoxy groups -OCH3 is 1. The first-order valence-corrected chi connectivity index (χ1v) is 17.8. The highest BCUT2D eigenvalue weighted by Crippen LogP contribution is 2.60. The molecule has 1 heterocycles. The van der Waals surface area contributed by atoms with Crippen LogP contribution >= 0.6 is 31.9 Å². The van der Waals surface area contributed by atoms with Crippen molar-refractivity contribution in [1.82, 2.24) is 10.4 Å². The first-order valence-electron chi connectivity index (χ1n) is 16.2. The zero-order valence-electron chi connectivity index (χ0n) is 26.5. The van der Waals surface area contributed by atoms with Crippen LogP contribution in [0.4, 0.5) is 5.69 Å². The molecule has 9 nitrogen and oxygen atoms in total. The first kappa shape index (κ1) is 32.6. The fourth-order valence-corrected chi connectivity index (χ4v) is 9.62. The lowest BCUT2D eigenvalue weighted by Crippen LogP contribution is -2.48. The summed E-state index contributed by atoms with van der Waals surface area (Å²) in [5, 5.41) is 7.86. The molecule has 3 aromatic carbocycles. The van der Waals surface area contributed by atoms with Gasteiger partial charge in [-0.3, -0.25) is 14.6 Å². The van der Waals surface area contributed by atoms with E-state index in [1.54, 1.807) is 24.4 Å². The third kappa shape index (κ3) is 6.94. The second kappa shape index (κ2) is 13.9. The molecule has 8 rings (SSSR count). The minimum absolute atomic E-state index is 0.171. The summed E-state index contributed by atoms with van der Waals surface area (Å²) in [6.07, 6.45) is 11.4. The number of ether oxygens (including phenoxy) is 3. The lowest BCUT2D eigenvalue weighted by Gasteiger charge is -2.57. The maximum Gasteiger partial charge on any atom is 0.277 e. The van der Waals surface area contributed by atoms with Crippen molar-refractivity contribution >= 4 is 66.5 Å². The number of benzene rings is 3. The fraction of sp³-hybridized carbons (Fsp3) is 0.351. The number of carbonyl (C=O) groups is 2. The first-order chi connectivity index (χ1) is 23.3. The van der Waals surface area contributed by atoms with Crippen LogP contribution in [0.3, 0.4) is 0 Å². The quantitative estimate of drug-likeness (QED) is 0.119. The highest BCUT2D eigenvalue weighted by Gasteiger charge is 2.51. The number of carbonyl (C=O) groups excluding carboxylic acids is 2. The average molecular weight is 777 g/mol. The maximum atomic E-state index is 12.7. The Morgan fingerprint density at radius 1 is 0.896 bits per heavy atom. The third-order valence-corrected chi connectivity index (χ3v) is 11.1. The molecule has 2 N–H and O–H groups in total. The number of rotatable bonds is 11. The van der Waals surface area contributed by atoms with Crippen LogP contribution in [0.25, 0.3) is 10.9 Å². The van der Waals surface area contributed by atoms with Crippen molar-refractivity contribution in [3.05, 3.63) is 86.9 Å². The molecular weight excluding hydrogens is 740 g/mol. The van der Waals surface area contributed by atoms with E-state index >= 15 is 0 Å². The van der Waals surface area contributed by atoms with E-state index in [2.05, 4.69) is 64.8 Å². The van der Waals surface area contributed by atoms with Gasteiger partial charge in [-0.1, -0.05) is 34.1 Å². The van der Waals surface area contributed by atoms with Crippen molar-refractivity contribution in [1.29, 1.82) is 0 Å². The van der Waals surface area contributed by atoms with Gasteiger partial charge in [-0.2, -0.15) is 5.10 Å². The Morgan fingerprint density at radius 3 is 2.31 bits per heavy atom. The molecule has 4 saturated carbocycles. The molecule has 2 amide bonds. The number of anilines is 1. The maximum absolute atomic E-state index is 12.7. The topological polar surface area (TPSA) is 111 Å². The van der Waals surface area contributed by atoms with Crippen LogP contribution in [-0.4, -0.2) is 43.3 Å². The predicted octanol–water partition coefficient (Wildman–Crippen LogP) is 7.78. The van der Waals surface area contributed by atoms with Gasteiger partial charge in [0.15, 0.2) is 30.5 Å². The average Bonchev–Trinajstić information content (AvgIpc) is 3.07. The van der Waals surface area contributed by atoms with Gasteiger partial charge in [-0.15, -0.1) is 0 Å². The standard InChI is InChI=1S/C37H36Br2N4O5/c1-46-32-14-22(19-41-43-34(45)21-48-36-30(39)15-29(38)28-3-2-10-40-35(28)36)4-9-31(32)47-20-33(44)42-27-7-5-26(6-8-27)37-16-23-11-24(17-37)13-25(12-23)18-37/h2-10,14-15,19,23-25H,11-13,16-18,20-21H2,1H3,(H,42,44)(H,43,45)/b41-19+. The molecule has 1 aromatic heterocycles. The van der Waals surface area contributed by atoms with Crippen LogP contribution in [0.2, 0.25) is 0 Å². The Bertz CT molecular complexity index is 1840. The molecule has 0 saturated heterocycles. The number of halogens is 2. The number of hydrogen-bond acceptors (Lipinski definition) is 7. The number of hydrogen-bond donors (Lipinski definition) is 2. The second-order valence-electron chi connectivity index (χ2n) is 13.2. The molecule has 0 unspecified atom stereocenters. The van der Waals surface area contributed by atoms with E-state index in [1.807, 2.05) is 30.3 Å². The highest BCUT2D eigenvalue weighted by molar-refractivity contribution is 9.11. The van der Waals surface area contributed by atoms with Crippen LogP contribution in [0.15, 0.2) is 80.9 Å². The number of amides is 2. The van der Waals surface area contributed by atoms with Gasteiger partial charge in [-0.25, -0.2) is 5.43 Å². The van der Waals surface area contributed by atoms with Gasteiger partial charge in [0.1, 0.15) is 5.52 Å². The minimum atomic E-state index is -0.439. The Kier molecular flexibility index (Phi) is 9.42. The van der Waals surface area contributed by atoms with Crippen LogP contribution in [0.5, 0.6) is 17.2 Å². The van der Waals surface area contributed by atoms with E-state index in [0.29, 0.717) is 38.2 Å². The number of nitrogens with one attached hydrogen (secondary N) is 2. The van der Waals surface area contributed by atoms with Crippen molar-refractivity contribution in [3.8, 4) is 17.2 Å². The molecule has 4 fully saturated rings. The molecule has 248 valence electrons. The van der Waals surface area contributed by atoms with Crippen LogP contribution in [0, 0.1) is 17.8 Å². The zero-order chi connectivity index (χ0) is 33.3. The Balaban J connectivity index is 0.894. The van der Waals surface area contributed by atoms with E-state index in [1.165, 1.54) is 57.4 Å². The van der Waals surface area contributed by atoms with Crippen molar-refractivity contribution in [2.75, 3.05) is 25.6 Å². The van der Waals surface area contributed by atoms with Gasteiger partial charge in [0, 0.05) is 21.7 Å². The van der Waals surface area contributed by atoms with Gasteiger partial charge < -0.3 is 19.5 Å². The normalized spacial score (nSPS) is 22.5. The molecule has 0 radical (unpaired) electrons. The van der Waals surface area contributed by atoms with Gasteiger partial charge in [0.05, 0.1) is 17.8 Å². The molecule has 48 heavy (non-hydrogen) atoms. The number of hydrazone groups is 1. The molecule has 0 aliphatic heterocycles. The van der Waals surface area contributed by atoms with Gasteiger partial charge in [0.25, 0.3) is 11.8 Å².